The fraction of sp³-hybridized carbons (Fsp3) is 0.476. The standard InChI is InChI=1S/C21H27FO3/c1-6-13-9-10-21(4,5)17-12-18(25-8-3)16(11-15(13)17)14(7-2)19(22)20(23)24/h9,11-12H,6-8,10H2,1-5H3,(H,23,24). The predicted molar refractivity (Wildman–Crippen MR) is 99.5 cm³/mol. The number of allylic oxidation sites excluding steroid dienone is 3. The highest BCUT2D eigenvalue weighted by molar-refractivity contribution is 5.95. The first-order chi connectivity index (χ1) is 11.8. The minimum absolute atomic E-state index is 0.0418. The second kappa shape index (κ2) is 7.42. The maximum Gasteiger partial charge on any atom is 0.365 e. The maximum absolute atomic E-state index is 14.3. The van der Waals surface area contributed by atoms with Crippen molar-refractivity contribution >= 4 is 17.1 Å². The molecule has 0 saturated carbocycles. The van der Waals surface area contributed by atoms with Crippen molar-refractivity contribution in [2.75, 3.05) is 6.61 Å². The van der Waals surface area contributed by atoms with Crippen LogP contribution in [0.25, 0.3) is 11.1 Å². The Kier molecular flexibility index (Phi) is 5.71. The van der Waals surface area contributed by atoms with Gasteiger partial charge in [-0.2, -0.15) is 4.39 Å². The van der Waals surface area contributed by atoms with Crippen LogP contribution < -0.4 is 4.74 Å². The molecule has 0 aliphatic heterocycles. The number of ether oxygens (including phenoxy) is 1. The zero-order valence-electron chi connectivity index (χ0n) is 15.7. The van der Waals surface area contributed by atoms with Gasteiger partial charge in [0.15, 0.2) is 0 Å². The monoisotopic (exact) mass is 346 g/mol. The molecule has 2 rings (SSSR count). The highest BCUT2D eigenvalue weighted by atomic mass is 19.1. The molecule has 1 aliphatic carbocycles. The third-order valence-corrected chi connectivity index (χ3v) is 4.87. The Labute approximate surface area is 149 Å². The van der Waals surface area contributed by atoms with Gasteiger partial charge in [0.05, 0.1) is 6.61 Å². The molecule has 0 heterocycles. The fourth-order valence-corrected chi connectivity index (χ4v) is 3.44. The Morgan fingerprint density at radius 3 is 2.48 bits per heavy atom. The number of fused-ring (bicyclic) bond motifs is 1. The first-order valence-electron chi connectivity index (χ1n) is 8.89. The number of hydrogen-bond donors (Lipinski definition) is 1. The van der Waals surface area contributed by atoms with E-state index in [2.05, 4.69) is 26.8 Å². The number of aliphatic carboxylic acids is 1. The summed E-state index contributed by atoms with van der Waals surface area (Å²) in [6.07, 6.45) is 4.33. The van der Waals surface area contributed by atoms with Gasteiger partial charge in [-0.3, -0.25) is 0 Å². The van der Waals surface area contributed by atoms with Crippen molar-refractivity contribution in [3.63, 3.8) is 0 Å². The molecule has 0 fully saturated rings. The number of rotatable bonds is 6. The van der Waals surface area contributed by atoms with E-state index in [1.807, 2.05) is 19.1 Å². The quantitative estimate of drug-likeness (QED) is 0.669. The van der Waals surface area contributed by atoms with Gasteiger partial charge < -0.3 is 9.84 Å². The largest absolute Gasteiger partial charge is 0.493 e. The SMILES string of the molecule is CCOc1cc2c(cc1C(CC)=C(F)C(=O)O)C(CC)=CCC2(C)C. The minimum Gasteiger partial charge on any atom is -0.493 e. The Hall–Kier alpha value is -2.10. The van der Waals surface area contributed by atoms with E-state index in [1.54, 1.807) is 6.92 Å². The molecule has 0 unspecified atom stereocenters. The summed E-state index contributed by atoms with van der Waals surface area (Å²) in [6, 6.07) is 3.89. The van der Waals surface area contributed by atoms with Crippen molar-refractivity contribution in [1.82, 2.24) is 0 Å². The molecule has 25 heavy (non-hydrogen) atoms. The smallest absolute Gasteiger partial charge is 0.365 e. The summed E-state index contributed by atoms with van der Waals surface area (Å²) in [5, 5.41) is 9.10. The fourth-order valence-electron chi connectivity index (χ4n) is 3.44. The molecule has 136 valence electrons. The van der Waals surface area contributed by atoms with Crippen LogP contribution >= 0.6 is 0 Å². The van der Waals surface area contributed by atoms with E-state index < -0.39 is 11.8 Å². The van der Waals surface area contributed by atoms with Gasteiger partial charge in [-0.25, -0.2) is 4.79 Å². The van der Waals surface area contributed by atoms with E-state index in [0.717, 1.165) is 18.4 Å². The number of carboxylic acid groups (broad SMARTS) is 1. The molecule has 0 saturated heterocycles. The molecular weight excluding hydrogens is 319 g/mol. The molecule has 0 amide bonds. The Morgan fingerprint density at radius 1 is 1.28 bits per heavy atom. The predicted octanol–water partition coefficient (Wildman–Crippen LogP) is 5.74. The van der Waals surface area contributed by atoms with Gasteiger partial charge in [-0.05, 0) is 60.4 Å². The van der Waals surface area contributed by atoms with Gasteiger partial charge in [-0.15, -0.1) is 0 Å². The van der Waals surface area contributed by atoms with Crippen LogP contribution in [0, 0.1) is 0 Å². The number of carbonyl (C=O) groups is 1. The molecule has 0 radical (unpaired) electrons. The van der Waals surface area contributed by atoms with Crippen LogP contribution in [0.5, 0.6) is 5.75 Å². The molecule has 0 atom stereocenters. The van der Waals surface area contributed by atoms with E-state index in [9.17, 15) is 9.18 Å². The van der Waals surface area contributed by atoms with E-state index in [0.29, 0.717) is 17.9 Å². The lowest BCUT2D eigenvalue weighted by atomic mass is 9.72. The lowest BCUT2D eigenvalue weighted by molar-refractivity contribution is -0.134. The van der Waals surface area contributed by atoms with Gasteiger partial charge in [0, 0.05) is 11.1 Å². The van der Waals surface area contributed by atoms with E-state index in [1.165, 1.54) is 11.1 Å². The van der Waals surface area contributed by atoms with Crippen LogP contribution in [0.3, 0.4) is 0 Å². The third-order valence-electron chi connectivity index (χ3n) is 4.87. The minimum atomic E-state index is -1.54. The normalized spacial score (nSPS) is 16.6. The topological polar surface area (TPSA) is 46.5 Å². The van der Waals surface area contributed by atoms with Gasteiger partial charge in [0.1, 0.15) is 5.75 Å². The summed E-state index contributed by atoms with van der Waals surface area (Å²) >= 11 is 0. The lowest BCUT2D eigenvalue weighted by Gasteiger charge is -2.33. The zero-order valence-corrected chi connectivity index (χ0v) is 15.7. The molecule has 4 heteroatoms. The Bertz CT molecular complexity index is 742. The van der Waals surface area contributed by atoms with Crippen molar-refractivity contribution < 1.29 is 19.0 Å². The van der Waals surface area contributed by atoms with E-state index in [4.69, 9.17) is 9.84 Å². The third kappa shape index (κ3) is 3.63. The van der Waals surface area contributed by atoms with Crippen LogP contribution in [0.15, 0.2) is 24.0 Å². The number of benzene rings is 1. The van der Waals surface area contributed by atoms with Crippen LogP contribution in [0.1, 0.15) is 70.6 Å². The average molecular weight is 346 g/mol. The lowest BCUT2D eigenvalue weighted by Crippen LogP contribution is -2.22. The van der Waals surface area contributed by atoms with Gasteiger partial charge in [-0.1, -0.05) is 33.8 Å². The summed E-state index contributed by atoms with van der Waals surface area (Å²) < 4.78 is 20.0. The molecular formula is C21H27FO3. The first-order valence-corrected chi connectivity index (χ1v) is 8.89. The highest BCUT2D eigenvalue weighted by Crippen LogP contribution is 2.44. The van der Waals surface area contributed by atoms with Crippen molar-refractivity contribution in [1.29, 1.82) is 0 Å². The van der Waals surface area contributed by atoms with Crippen LogP contribution in [0.4, 0.5) is 4.39 Å². The summed E-state index contributed by atoms with van der Waals surface area (Å²) in [6.45, 7) is 10.5. The highest BCUT2D eigenvalue weighted by Gasteiger charge is 2.30. The van der Waals surface area contributed by atoms with Gasteiger partial charge in [0.2, 0.25) is 5.83 Å². The zero-order chi connectivity index (χ0) is 18.8. The molecule has 0 aromatic heterocycles. The second-order valence-corrected chi connectivity index (χ2v) is 6.95. The van der Waals surface area contributed by atoms with Crippen molar-refractivity contribution in [3.05, 3.63) is 40.7 Å². The average Bonchev–Trinajstić information content (AvgIpc) is 2.56. The van der Waals surface area contributed by atoms with Gasteiger partial charge >= 0.3 is 5.97 Å². The molecule has 1 aromatic rings. The van der Waals surface area contributed by atoms with Crippen LogP contribution in [0.2, 0.25) is 0 Å². The van der Waals surface area contributed by atoms with Gasteiger partial charge in [0.25, 0.3) is 0 Å². The summed E-state index contributed by atoms with van der Waals surface area (Å²) in [4.78, 5) is 11.2. The van der Waals surface area contributed by atoms with Crippen LogP contribution in [-0.4, -0.2) is 17.7 Å². The summed E-state index contributed by atoms with van der Waals surface area (Å²) in [5.41, 5.74) is 4.13. The second-order valence-electron chi connectivity index (χ2n) is 6.95. The Morgan fingerprint density at radius 2 is 1.96 bits per heavy atom. The molecule has 3 nitrogen and oxygen atoms in total. The van der Waals surface area contributed by atoms with Crippen molar-refractivity contribution in [3.8, 4) is 5.75 Å². The molecule has 1 N–H and O–H groups in total. The molecule has 1 aromatic carbocycles. The van der Waals surface area contributed by atoms with E-state index in [-0.39, 0.29) is 17.4 Å². The van der Waals surface area contributed by atoms with Crippen molar-refractivity contribution in [2.45, 2.75) is 59.3 Å². The molecule has 1 aliphatic rings. The number of carboxylic acids is 1. The number of halogens is 1. The van der Waals surface area contributed by atoms with E-state index >= 15 is 0 Å². The van der Waals surface area contributed by atoms with Crippen molar-refractivity contribution in [2.24, 2.45) is 0 Å². The molecule has 0 spiro atoms. The Balaban J connectivity index is 2.80. The summed E-state index contributed by atoms with van der Waals surface area (Å²) in [7, 11) is 0. The van der Waals surface area contributed by atoms with Crippen LogP contribution in [-0.2, 0) is 10.2 Å². The first kappa shape index (κ1) is 19.2. The summed E-state index contributed by atoms with van der Waals surface area (Å²) in [5.74, 6) is -2.09. The maximum atomic E-state index is 14.3. The number of hydrogen-bond acceptors (Lipinski definition) is 2. The molecule has 0 bridgehead atoms.